The zero-order valence-corrected chi connectivity index (χ0v) is 19.7. The molecule has 1 heterocycles. The molecule has 164 valence electrons. The smallest absolute Gasteiger partial charge is 0.203 e. The van der Waals surface area contributed by atoms with E-state index in [0.717, 1.165) is 41.8 Å². The molecule has 0 spiro atoms. The third-order valence-electron chi connectivity index (χ3n) is 5.32. The number of nitrogens with zero attached hydrogens (tertiary/aromatic N) is 1. The maximum atomic E-state index is 5.61. The van der Waals surface area contributed by atoms with Gasteiger partial charge in [-0.2, -0.15) is 0 Å². The van der Waals surface area contributed by atoms with Gasteiger partial charge in [-0.25, -0.2) is 0 Å². The third kappa shape index (κ3) is 4.45. The van der Waals surface area contributed by atoms with Gasteiger partial charge in [-0.05, 0) is 35.4 Å². The fourth-order valence-electron chi connectivity index (χ4n) is 3.87. The van der Waals surface area contributed by atoms with E-state index < -0.39 is 0 Å². The summed E-state index contributed by atoms with van der Waals surface area (Å²) in [7, 11) is 8.16. The van der Waals surface area contributed by atoms with Crippen LogP contribution in [0.3, 0.4) is 0 Å². The Kier molecular flexibility index (Phi) is 7.69. The second-order valence-corrected chi connectivity index (χ2v) is 7.73. The molecule has 0 radical (unpaired) electrons. The van der Waals surface area contributed by atoms with Gasteiger partial charge < -0.3 is 29.0 Å². The van der Waals surface area contributed by atoms with Gasteiger partial charge in [0.2, 0.25) is 5.75 Å². The quantitative estimate of drug-likeness (QED) is 0.620. The SMILES string of the molecule is COc1cc(Br)c(C(c2cc(OC)c(OC)c(OC)c2)N2CCNCC2)cc1OC. The average Bonchev–Trinajstić information content (AvgIpc) is 2.79. The maximum absolute atomic E-state index is 5.61. The molecule has 2 aromatic carbocycles. The van der Waals surface area contributed by atoms with E-state index in [2.05, 4.69) is 26.1 Å². The molecule has 0 bridgehead atoms. The summed E-state index contributed by atoms with van der Waals surface area (Å²) in [6.07, 6.45) is 0. The van der Waals surface area contributed by atoms with E-state index in [9.17, 15) is 0 Å². The van der Waals surface area contributed by atoms with Crippen LogP contribution in [0.15, 0.2) is 28.7 Å². The highest BCUT2D eigenvalue weighted by Gasteiger charge is 2.29. The van der Waals surface area contributed by atoms with Crippen LogP contribution in [0.5, 0.6) is 28.7 Å². The Labute approximate surface area is 186 Å². The fourth-order valence-corrected chi connectivity index (χ4v) is 4.41. The molecule has 1 aliphatic heterocycles. The predicted molar refractivity (Wildman–Crippen MR) is 120 cm³/mol. The summed E-state index contributed by atoms with van der Waals surface area (Å²) in [6.45, 7) is 3.65. The van der Waals surface area contributed by atoms with Gasteiger partial charge in [0.05, 0.1) is 41.6 Å². The molecule has 0 aromatic heterocycles. The molecule has 30 heavy (non-hydrogen) atoms. The van der Waals surface area contributed by atoms with E-state index in [-0.39, 0.29) is 6.04 Å². The highest BCUT2D eigenvalue weighted by Crippen LogP contribution is 2.45. The monoisotopic (exact) mass is 480 g/mol. The molecule has 1 aliphatic rings. The normalized spacial score (nSPS) is 15.4. The fraction of sp³-hybridized carbons (Fsp3) is 0.455. The van der Waals surface area contributed by atoms with Crippen molar-refractivity contribution in [3.05, 3.63) is 39.9 Å². The summed E-state index contributed by atoms with van der Waals surface area (Å²) in [5.41, 5.74) is 2.11. The van der Waals surface area contributed by atoms with Crippen molar-refractivity contribution >= 4 is 15.9 Å². The molecular formula is C22H29BrN2O5. The van der Waals surface area contributed by atoms with Crippen molar-refractivity contribution in [3.63, 3.8) is 0 Å². The van der Waals surface area contributed by atoms with E-state index in [4.69, 9.17) is 23.7 Å². The molecule has 3 rings (SSSR count). The molecule has 0 saturated carbocycles. The van der Waals surface area contributed by atoms with E-state index in [1.54, 1.807) is 35.5 Å². The summed E-state index contributed by atoms with van der Waals surface area (Å²) in [5, 5.41) is 3.42. The number of piperazine rings is 1. The van der Waals surface area contributed by atoms with E-state index >= 15 is 0 Å². The van der Waals surface area contributed by atoms with Crippen molar-refractivity contribution in [2.24, 2.45) is 0 Å². The second kappa shape index (κ2) is 10.2. The molecule has 7 nitrogen and oxygen atoms in total. The minimum Gasteiger partial charge on any atom is -0.493 e. The number of methoxy groups -OCH3 is 5. The first-order valence-corrected chi connectivity index (χ1v) is 10.5. The second-order valence-electron chi connectivity index (χ2n) is 6.88. The van der Waals surface area contributed by atoms with Gasteiger partial charge in [-0.1, -0.05) is 15.9 Å². The van der Waals surface area contributed by atoms with Crippen LogP contribution < -0.4 is 29.0 Å². The lowest BCUT2D eigenvalue weighted by molar-refractivity contribution is 0.196. The van der Waals surface area contributed by atoms with Crippen molar-refractivity contribution in [2.75, 3.05) is 61.7 Å². The number of rotatable bonds is 8. The number of nitrogens with one attached hydrogen (secondary N) is 1. The zero-order valence-electron chi connectivity index (χ0n) is 18.1. The minimum absolute atomic E-state index is 0.0463. The lowest BCUT2D eigenvalue weighted by Gasteiger charge is -2.36. The zero-order chi connectivity index (χ0) is 21.7. The van der Waals surface area contributed by atoms with Crippen molar-refractivity contribution in [1.29, 1.82) is 0 Å². The summed E-state index contributed by atoms with van der Waals surface area (Å²) in [4.78, 5) is 2.43. The van der Waals surface area contributed by atoms with E-state index in [0.29, 0.717) is 28.7 Å². The molecule has 1 N–H and O–H groups in total. The number of halogens is 1. The molecule has 0 amide bonds. The van der Waals surface area contributed by atoms with Gasteiger partial charge >= 0.3 is 0 Å². The lowest BCUT2D eigenvalue weighted by atomic mass is 9.95. The number of hydrogen-bond donors (Lipinski definition) is 1. The Balaban J connectivity index is 2.20. The standard InChI is InChI=1S/C22H29BrN2O5/c1-26-17-12-15(16(23)13-18(17)27-2)21(25-8-6-24-7-9-25)14-10-19(28-3)22(30-5)20(11-14)29-4/h10-13,21,24H,6-9H2,1-5H3. The molecular weight excluding hydrogens is 452 g/mol. The van der Waals surface area contributed by atoms with Gasteiger partial charge in [0.25, 0.3) is 0 Å². The molecule has 1 unspecified atom stereocenters. The Hall–Kier alpha value is -2.16. The van der Waals surface area contributed by atoms with Crippen molar-refractivity contribution in [3.8, 4) is 28.7 Å². The summed E-state index contributed by atoms with van der Waals surface area (Å²) < 4.78 is 28.7. The number of hydrogen-bond acceptors (Lipinski definition) is 7. The first-order valence-electron chi connectivity index (χ1n) is 9.74. The Bertz CT molecular complexity index is 846. The van der Waals surface area contributed by atoms with Crippen molar-refractivity contribution < 1.29 is 23.7 Å². The van der Waals surface area contributed by atoms with Crippen LogP contribution in [0, 0.1) is 0 Å². The van der Waals surface area contributed by atoms with E-state index in [1.807, 2.05) is 24.3 Å². The molecule has 1 fully saturated rings. The van der Waals surface area contributed by atoms with Crippen LogP contribution in [-0.2, 0) is 0 Å². The first-order chi connectivity index (χ1) is 14.6. The maximum Gasteiger partial charge on any atom is 0.203 e. The number of ether oxygens (including phenoxy) is 5. The van der Waals surface area contributed by atoms with Crippen molar-refractivity contribution in [1.82, 2.24) is 10.2 Å². The highest BCUT2D eigenvalue weighted by molar-refractivity contribution is 9.10. The van der Waals surface area contributed by atoms with Crippen LogP contribution in [0.25, 0.3) is 0 Å². The molecule has 0 aliphatic carbocycles. The van der Waals surface area contributed by atoms with E-state index in [1.165, 1.54) is 0 Å². The summed E-state index contributed by atoms with van der Waals surface area (Å²) >= 11 is 3.75. The average molecular weight is 481 g/mol. The molecule has 8 heteroatoms. The van der Waals surface area contributed by atoms with Crippen LogP contribution >= 0.6 is 15.9 Å². The highest BCUT2D eigenvalue weighted by atomic mass is 79.9. The van der Waals surface area contributed by atoms with Gasteiger partial charge in [-0.3, -0.25) is 4.90 Å². The summed E-state index contributed by atoms with van der Waals surface area (Å²) in [5.74, 6) is 3.20. The Morgan fingerprint density at radius 1 is 0.767 bits per heavy atom. The third-order valence-corrected chi connectivity index (χ3v) is 6.00. The van der Waals surface area contributed by atoms with Crippen LogP contribution in [0.1, 0.15) is 17.2 Å². The largest absolute Gasteiger partial charge is 0.493 e. The Morgan fingerprint density at radius 3 is 1.80 bits per heavy atom. The minimum atomic E-state index is -0.0463. The topological polar surface area (TPSA) is 61.4 Å². The number of benzene rings is 2. The Morgan fingerprint density at radius 2 is 1.30 bits per heavy atom. The van der Waals surface area contributed by atoms with Gasteiger partial charge in [-0.15, -0.1) is 0 Å². The predicted octanol–water partition coefficient (Wildman–Crippen LogP) is 3.49. The van der Waals surface area contributed by atoms with Crippen LogP contribution in [0.2, 0.25) is 0 Å². The van der Waals surface area contributed by atoms with Crippen LogP contribution in [-0.4, -0.2) is 66.6 Å². The van der Waals surface area contributed by atoms with Gasteiger partial charge in [0.15, 0.2) is 23.0 Å². The molecule has 1 saturated heterocycles. The first kappa shape index (κ1) is 22.5. The molecule has 1 atom stereocenters. The lowest BCUT2D eigenvalue weighted by Crippen LogP contribution is -2.45. The van der Waals surface area contributed by atoms with Crippen molar-refractivity contribution in [2.45, 2.75) is 6.04 Å². The molecule has 2 aromatic rings. The van der Waals surface area contributed by atoms with Crippen LogP contribution in [0.4, 0.5) is 0 Å². The summed E-state index contributed by atoms with van der Waals surface area (Å²) in [6, 6.07) is 7.95. The van der Waals surface area contributed by atoms with Gasteiger partial charge in [0.1, 0.15) is 0 Å². The van der Waals surface area contributed by atoms with Gasteiger partial charge in [0, 0.05) is 30.7 Å².